The molecule has 0 atom stereocenters. The van der Waals surface area contributed by atoms with Gasteiger partial charge in [-0.1, -0.05) is 12.1 Å². The van der Waals surface area contributed by atoms with Gasteiger partial charge in [0, 0.05) is 11.8 Å². The Morgan fingerprint density at radius 1 is 0.931 bits per heavy atom. The molecule has 0 saturated carbocycles. The number of benzene rings is 2. The summed E-state index contributed by atoms with van der Waals surface area (Å²) in [4.78, 5) is 24.7. The Morgan fingerprint density at radius 3 is 2.07 bits per heavy atom. The molecule has 29 heavy (non-hydrogen) atoms. The Hall–Kier alpha value is -3.81. The first-order valence-corrected chi connectivity index (χ1v) is 8.78. The summed E-state index contributed by atoms with van der Waals surface area (Å²) in [6.45, 7) is 0.296. The number of nitrogens with zero attached hydrogens (tertiary/aromatic N) is 2. The Bertz CT molecular complexity index is 994. The number of aromatic nitrogens is 2. The summed E-state index contributed by atoms with van der Waals surface area (Å²) in [5.41, 5.74) is 1.76. The van der Waals surface area contributed by atoms with E-state index in [4.69, 9.17) is 14.2 Å². The molecule has 1 aromatic heterocycles. The van der Waals surface area contributed by atoms with E-state index in [1.54, 1.807) is 38.5 Å². The van der Waals surface area contributed by atoms with Crippen LogP contribution < -0.4 is 14.8 Å². The Morgan fingerprint density at radius 2 is 1.52 bits per heavy atom. The van der Waals surface area contributed by atoms with E-state index in [1.807, 2.05) is 24.3 Å². The van der Waals surface area contributed by atoms with Crippen molar-refractivity contribution >= 4 is 17.6 Å². The zero-order chi connectivity index (χ0) is 20.8. The van der Waals surface area contributed by atoms with Crippen LogP contribution in [0.15, 0.2) is 54.6 Å². The molecule has 0 spiro atoms. The van der Waals surface area contributed by atoms with Gasteiger partial charge in [-0.15, -0.1) is 0 Å². The van der Waals surface area contributed by atoms with Gasteiger partial charge in [0.1, 0.15) is 17.2 Å². The average molecular weight is 395 g/mol. The third kappa shape index (κ3) is 4.73. The third-order valence-electron chi connectivity index (χ3n) is 4.25. The summed E-state index contributed by atoms with van der Waals surface area (Å²) in [7, 11) is 4.44. The van der Waals surface area contributed by atoms with E-state index in [-0.39, 0.29) is 11.4 Å². The molecular formula is C21H21N3O5. The number of esters is 1. The first-order chi connectivity index (χ1) is 14.0. The Kier molecular flexibility index (Phi) is 6.13. The number of hydrogen-bond acceptors (Lipinski definition) is 6. The van der Waals surface area contributed by atoms with E-state index in [0.29, 0.717) is 18.0 Å². The van der Waals surface area contributed by atoms with E-state index in [1.165, 1.54) is 17.9 Å². The van der Waals surface area contributed by atoms with Gasteiger partial charge in [0.2, 0.25) is 0 Å². The zero-order valence-corrected chi connectivity index (χ0v) is 16.3. The van der Waals surface area contributed by atoms with Crippen molar-refractivity contribution in [3.63, 3.8) is 0 Å². The normalized spacial score (nSPS) is 10.3. The standard InChI is InChI=1S/C21H21N3O5/c1-27-16-8-4-14(5-9-16)13-24-19(21(26)29-3)12-18(23-24)20(25)22-15-6-10-17(28-2)11-7-15/h4-12H,13H2,1-3H3,(H,22,25). The molecule has 2 aromatic carbocycles. The highest BCUT2D eigenvalue weighted by molar-refractivity contribution is 6.04. The molecule has 0 aliphatic heterocycles. The van der Waals surface area contributed by atoms with Gasteiger partial charge in [0.05, 0.1) is 27.9 Å². The van der Waals surface area contributed by atoms with Gasteiger partial charge in [-0.05, 0) is 42.0 Å². The van der Waals surface area contributed by atoms with Crippen LogP contribution in [0.1, 0.15) is 26.5 Å². The molecule has 0 fully saturated rings. The molecule has 0 radical (unpaired) electrons. The smallest absolute Gasteiger partial charge is 0.356 e. The zero-order valence-electron chi connectivity index (χ0n) is 16.3. The van der Waals surface area contributed by atoms with E-state index >= 15 is 0 Å². The molecule has 8 heteroatoms. The second-order valence-electron chi connectivity index (χ2n) is 6.09. The number of rotatable bonds is 7. The van der Waals surface area contributed by atoms with Crippen LogP contribution in [-0.2, 0) is 11.3 Å². The van der Waals surface area contributed by atoms with Gasteiger partial charge >= 0.3 is 5.97 Å². The fourth-order valence-electron chi connectivity index (χ4n) is 2.69. The molecule has 0 saturated heterocycles. The number of carbonyl (C=O) groups is 2. The van der Waals surface area contributed by atoms with Gasteiger partial charge in [-0.25, -0.2) is 4.79 Å². The lowest BCUT2D eigenvalue weighted by Gasteiger charge is -2.07. The monoisotopic (exact) mass is 395 g/mol. The maximum Gasteiger partial charge on any atom is 0.356 e. The maximum atomic E-state index is 12.6. The van der Waals surface area contributed by atoms with E-state index in [2.05, 4.69) is 10.4 Å². The average Bonchev–Trinajstić information content (AvgIpc) is 3.18. The summed E-state index contributed by atoms with van der Waals surface area (Å²) in [5.74, 6) is 0.394. The molecule has 0 aliphatic carbocycles. The lowest BCUT2D eigenvalue weighted by molar-refractivity contribution is 0.0587. The molecule has 3 aromatic rings. The number of carbonyl (C=O) groups excluding carboxylic acids is 2. The highest BCUT2D eigenvalue weighted by Gasteiger charge is 2.20. The molecule has 0 unspecified atom stereocenters. The maximum absolute atomic E-state index is 12.6. The van der Waals surface area contributed by atoms with Crippen molar-refractivity contribution in [2.45, 2.75) is 6.54 Å². The van der Waals surface area contributed by atoms with Crippen LogP contribution in [0, 0.1) is 0 Å². The van der Waals surface area contributed by atoms with Crippen molar-refractivity contribution in [3.05, 3.63) is 71.5 Å². The summed E-state index contributed by atoms with van der Waals surface area (Å²) >= 11 is 0. The van der Waals surface area contributed by atoms with Gasteiger partial charge in [0.15, 0.2) is 5.69 Å². The van der Waals surface area contributed by atoms with Gasteiger partial charge < -0.3 is 19.5 Å². The highest BCUT2D eigenvalue weighted by Crippen LogP contribution is 2.17. The fraction of sp³-hybridized carbons (Fsp3) is 0.190. The predicted molar refractivity (Wildman–Crippen MR) is 107 cm³/mol. The van der Waals surface area contributed by atoms with Crippen LogP contribution >= 0.6 is 0 Å². The number of anilines is 1. The molecule has 150 valence electrons. The number of ether oxygens (including phenoxy) is 3. The summed E-state index contributed by atoms with van der Waals surface area (Å²) in [6.07, 6.45) is 0. The molecule has 1 heterocycles. The summed E-state index contributed by atoms with van der Waals surface area (Å²) in [5, 5.41) is 7.04. The first kappa shape index (κ1) is 19.9. The molecule has 1 N–H and O–H groups in total. The van der Waals surface area contributed by atoms with Crippen molar-refractivity contribution < 1.29 is 23.8 Å². The molecule has 1 amide bonds. The summed E-state index contributed by atoms with van der Waals surface area (Å²) in [6, 6.07) is 15.7. The quantitative estimate of drug-likeness (QED) is 0.619. The number of amides is 1. The number of nitrogens with one attached hydrogen (secondary N) is 1. The van der Waals surface area contributed by atoms with Crippen LogP contribution in [0.2, 0.25) is 0 Å². The van der Waals surface area contributed by atoms with E-state index in [9.17, 15) is 9.59 Å². The Labute approximate surface area is 168 Å². The minimum Gasteiger partial charge on any atom is -0.497 e. The molecule has 8 nitrogen and oxygen atoms in total. The van der Waals surface area contributed by atoms with E-state index in [0.717, 1.165) is 11.3 Å². The number of methoxy groups -OCH3 is 3. The minimum absolute atomic E-state index is 0.106. The SMILES string of the molecule is COC(=O)c1cc(C(=O)Nc2ccc(OC)cc2)nn1Cc1ccc(OC)cc1. The van der Waals surface area contributed by atoms with E-state index < -0.39 is 11.9 Å². The fourth-order valence-corrected chi connectivity index (χ4v) is 2.69. The van der Waals surface area contributed by atoms with Crippen LogP contribution in [0.5, 0.6) is 11.5 Å². The Balaban J connectivity index is 1.82. The molecule has 0 aliphatic rings. The third-order valence-corrected chi connectivity index (χ3v) is 4.25. The highest BCUT2D eigenvalue weighted by atomic mass is 16.5. The van der Waals surface area contributed by atoms with Crippen molar-refractivity contribution in [2.75, 3.05) is 26.6 Å². The largest absolute Gasteiger partial charge is 0.497 e. The topological polar surface area (TPSA) is 91.7 Å². The van der Waals surface area contributed by atoms with Crippen LogP contribution in [0.3, 0.4) is 0 Å². The second-order valence-corrected chi connectivity index (χ2v) is 6.09. The van der Waals surface area contributed by atoms with Gasteiger partial charge in [0.25, 0.3) is 5.91 Å². The van der Waals surface area contributed by atoms with Crippen molar-refractivity contribution in [1.82, 2.24) is 9.78 Å². The van der Waals surface area contributed by atoms with Crippen LogP contribution in [-0.4, -0.2) is 43.0 Å². The number of hydrogen-bond donors (Lipinski definition) is 1. The van der Waals surface area contributed by atoms with Gasteiger partial charge in [-0.2, -0.15) is 5.10 Å². The lowest BCUT2D eigenvalue weighted by atomic mass is 10.2. The predicted octanol–water partition coefficient (Wildman–Crippen LogP) is 2.99. The minimum atomic E-state index is -0.575. The molecule has 3 rings (SSSR count). The van der Waals surface area contributed by atoms with Gasteiger partial charge in [-0.3, -0.25) is 9.48 Å². The lowest BCUT2D eigenvalue weighted by Crippen LogP contribution is -2.14. The molecule has 0 bridgehead atoms. The van der Waals surface area contributed by atoms with Crippen molar-refractivity contribution in [3.8, 4) is 11.5 Å². The molecular weight excluding hydrogens is 374 g/mol. The summed E-state index contributed by atoms with van der Waals surface area (Å²) < 4.78 is 16.5. The second kappa shape index (κ2) is 8.92. The van der Waals surface area contributed by atoms with Crippen LogP contribution in [0.4, 0.5) is 5.69 Å². The van der Waals surface area contributed by atoms with Crippen molar-refractivity contribution in [1.29, 1.82) is 0 Å². The van der Waals surface area contributed by atoms with Crippen LogP contribution in [0.25, 0.3) is 0 Å². The first-order valence-electron chi connectivity index (χ1n) is 8.78. The van der Waals surface area contributed by atoms with Crippen molar-refractivity contribution in [2.24, 2.45) is 0 Å².